The quantitative estimate of drug-likeness (QED) is 0.829. The summed E-state index contributed by atoms with van der Waals surface area (Å²) in [7, 11) is 1.65. The zero-order valence-electron chi connectivity index (χ0n) is 8.75. The summed E-state index contributed by atoms with van der Waals surface area (Å²) in [6.45, 7) is 2.15. The zero-order chi connectivity index (χ0) is 10.8. The molecule has 0 aliphatic heterocycles. The third-order valence-corrected chi connectivity index (χ3v) is 3.09. The van der Waals surface area contributed by atoms with Gasteiger partial charge in [-0.25, -0.2) is 4.98 Å². The number of pyridine rings is 1. The maximum absolute atomic E-state index is 5.25. The van der Waals surface area contributed by atoms with Crippen molar-refractivity contribution in [1.82, 2.24) is 4.98 Å². The molecular formula is C12H12BrNO. The molecule has 0 saturated carbocycles. The SMILES string of the molecule is CCc1cccc2c(OC)ncc(Br)c12. The van der Waals surface area contributed by atoms with Crippen LogP contribution in [0.15, 0.2) is 28.9 Å². The van der Waals surface area contributed by atoms with Crippen LogP contribution in [0.25, 0.3) is 10.8 Å². The summed E-state index contributed by atoms with van der Waals surface area (Å²) in [5.74, 6) is 0.684. The topological polar surface area (TPSA) is 22.1 Å². The van der Waals surface area contributed by atoms with E-state index >= 15 is 0 Å². The molecule has 1 aromatic carbocycles. The largest absolute Gasteiger partial charge is 0.481 e. The lowest BCUT2D eigenvalue weighted by atomic mass is 10.0. The molecule has 78 valence electrons. The molecule has 15 heavy (non-hydrogen) atoms. The van der Waals surface area contributed by atoms with Crippen molar-refractivity contribution in [3.63, 3.8) is 0 Å². The van der Waals surface area contributed by atoms with E-state index in [-0.39, 0.29) is 0 Å². The summed E-state index contributed by atoms with van der Waals surface area (Å²) >= 11 is 3.53. The fourth-order valence-corrected chi connectivity index (χ4v) is 2.34. The van der Waals surface area contributed by atoms with Crippen molar-refractivity contribution >= 4 is 26.7 Å². The van der Waals surface area contributed by atoms with Crippen molar-refractivity contribution in [3.8, 4) is 5.88 Å². The molecule has 2 nitrogen and oxygen atoms in total. The Hall–Kier alpha value is -1.09. The fraction of sp³-hybridized carbons (Fsp3) is 0.250. The second-order valence-corrected chi connectivity index (χ2v) is 4.16. The smallest absolute Gasteiger partial charge is 0.221 e. The predicted octanol–water partition coefficient (Wildman–Crippen LogP) is 3.57. The summed E-state index contributed by atoms with van der Waals surface area (Å²) in [4.78, 5) is 4.23. The number of rotatable bonds is 2. The van der Waals surface area contributed by atoms with Crippen LogP contribution in [0.2, 0.25) is 0 Å². The van der Waals surface area contributed by atoms with Crippen LogP contribution in [0, 0.1) is 0 Å². The number of methoxy groups -OCH3 is 1. The molecule has 2 aromatic rings. The summed E-state index contributed by atoms with van der Waals surface area (Å²) in [6, 6.07) is 6.20. The van der Waals surface area contributed by atoms with Crippen LogP contribution in [0.4, 0.5) is 0 Å². The average molecular weight is 266 g/mol. The van der Waals surface area contributed by atoms with Gasteiger partial charge in [-0.1, -0.05) is 19.1 Å². The Bertz CT molecular complexity index is 496. The number of fused-ring (bicyclic) bond motifs is 1. The molecule has 0 saturated heterocycles. The third-order valence-electron chi connectivity index (χ3n) is 2.49. The van der Waals surface area contributed by atoms with Gasteiger partial charge in [0.1, 0.15) is 0 Å². The van der Waals surface area contributed by atoms with Crippen molar-refractivity contribution in [1.29, 1.82) is 0 Å². The van der Waals surface area contributed by atoms with Crippen LogP contribution < -0.4 is 4.74 Å². The predicted molar refractivity (Wildman–Crippen MR) is 65.4 cm³/mol. The van der Waals surface area contributed by atoms with Crippen molar-refractivity contribution < 1.29 is 4.74 Å². The molecule has 0 unspecified atom stereocenters. The highest BCUT2D eigenvalue weighted by Gasteiger charge is 2.08. The van der Waals surface area contributed by atoms with E-state index in [1.807, 2.05) is 12.1 Å². The van der Waals surface area contributed by atoms with Gasteiger partial charge in [0.15, 0.2) is 0 Å². The van der Waals surface area contributed by atoms with E-state index < -0.39 is 0 Å². The molecule has 0 radical (unpaired) electrons. The normalized spacial score (nSPS) is 10.6. The first-order valence-electron chi connectivity index (χ1n) is 4.88. The number of ether oxygens (including phenoxy) is 1. The van der Waals surface area contributed by atoms with E-state index in [4.69, 9.17) is 4.74 Å². The van der Waals surface area contributed by atoms with Gasteiger partial charge in [-0.2, -0.15) is 0 Å². The van der Waals surface area contributed by atoms with Gasteiger partial charge in [-0.05, 0) is 34.0 Å². The minimum Gasteiger partial charge on any atom is -0.481 e. The Labute approximate surface area is 97.4 Å². The molecule has 0 fully saturated rings. The number of hydrogen-bond acceptors (Lipinski definition) is 2. The van der Waals surface area contributed by atoms with Crippen molar-refractivity contribution in [2.24, 2.45) is 0 Å². The first kappa shape index (κ1) is 10.4. The molecule has 1 heterocycles. The maximum Gasteiger partial charge on any atom is 0.221 e. The van der Waals surface area contributed by atoms with Crippen LogP contribution in [-0.2, 0) is 6.42 Å². The van der Waals surface area contributed by atoms with Gasteiger partial charge in [0, 0.05) is 21.4 Å². The molecule has 3 heteroatoms. The van der Waals surface area contributed by atoms with Gasteiger partial charge in [0.25, 0.3) is 0 Å². The fourth-order valence-electron chi connectivity index (χ4n) is 1.77. The minimum atomic E-state index is 0.684. The van der Waals surface area contributed by atoms with Crippen molar-refractivity contribution in [2.45, 2.75) is 13.3 Å². The Morgan fingerprint density at radius 2 is 2.20 bits per heavy atom. The Morgan fingerprint density at radius 1 is 1.40 bits per heavy atom. The van der Waals surface area contributed by atoms with Crippen LogP contribution in [0.5, 0.6) is 5.88 Å². The summed E-state index contributed by atoms with van der Waals surface area (Å²) in [5, 5.41) is 2.26. The van der Waals surface area contributed by atoms with E-state index in [1.165, 1.54) is 10.9 Å². The Kier molecular flexibility index (Phi) is 2.91. The molecule has 1 aromatic heterocycles. The van der Waals surface area contributed by atoms with Gasteiger partial charge < -0.3 is 4.74 Å². The van der Waals surface area contributed by atoms with E-state index in [0.29, 0.717) is 5.88 Å². The van der Waals surface area contributed by atoms with Crippen LogP contribution in [0.3, 0.4) is 0 Å². The van der Waals surface area contributed by atoms with Crippen LogP contribution >= 0.6 is 15.9 Å². The minimum absolute atomic E-state index is 0.684. The lowest BCUT2D eigenvalue weighted by Gasteiger charge is -2.09. The number of hydrogen-bond donors (Lipinski definition) is 0. The monoisotopic (exact) mass is 265 g/mol. The molecule has 0 N–H and O–H groups in total. The average Bonchev–Trinajstić information content (AvgIpc) is 2.29. The molecule has 0 aliphatic carbocycles. The van der Waals surface area contributed by atoms with Gasteiger partial charge in [-0.3, -0.25) is 0 Å². The van der Waals surface area contributed by atoms with Crippen molar-refractivity contribution in [2.75, 3.05) is 7.11 Å². The van der Waals surface area contributed by atoms with Gasteiger partial charge >= 0.3 is 0 Å². The molecule has 0 aliphatic rings. The number of aromatic nitrogens is 1. The lowest BCUT2D eigenvalue weighted by molar-refractivity contribution is 0.403. The second kappa shape index (κ2) is 4.19. The molecular weight excluding hydrogens is 254 g/mol. The van der Waals surface area contributed by atoms with Gasteiger partial charge in [-0.15, -0.1) is 0 Å². The lowest BCUT2D eigenvalue weighted by Crippen LogP contribution is -1.92. The van der Waals surface area contributed by atoms with E-state index in [2.05, 4.69) is 33.9 Å². The first-order valence-corrected chi connectivity index (χ1v) is 5.67. The Balaban J connectivity index is 2.86. The molecule has 0 atom stereocenters. The number of halogens is 1. The highest BCUT2D eigenvalue weighted by Crippen LogP contribution is 2.32. The van der Waals surface area contributed by atoms with Crippen LogP contribution in [0.1, 0.15) is 12.5 Å². The summed E-state index contributed by atoms with van der Waals surface area (Å²) in [6.07, 6.45) is 2.80. The summed E-state index contributed by atoms with van der Waals surface area (Å²) < 4.78 is 6.27. The number of nitrogens with zero attached hydrogens (tertiary/aromatic N) is 1. The van der Waals surface area contributed by atoms with E-state index in [9.17, 15) is 0 Å². The molecule has 0 amide bonds. The van der Waals surface area contributed by atoms with Crippen LogP contribution in [-0.4, -0.2) is 12.1 Å². The van der Waals surface area contributed by atoms with E-state index in [0.717, 1.165) is 16.3 Å². The first-order chi connectivity index (χ1) is 7.27. The summed E-state index contributed by atoms with van der Waals surface area (Å²) in [5.41, 5.74) is 1.31. The molecule has 0 spiro atoms. The van der Waals surface area contributed by atoms with Gasteiger partial charge in [0.2, 0.25) is 5.88 Å². The highest BCUT2D eigenvalue weighted by molar-refractivity contribution is 9.10. The standard InChI is InChI=1S/C12H12BrNO/c1-3-8-5-4-6-9-11(8)10(13)7-14-12(9)15-2/h4-7H,3H2,1-2H3. The highest BCUT2D eigenvalue weighted by atomic mass is 79.9. The second-order valence-electron chi connectivity index (χ2n) is 3.31. The van der Waals surface area contributed by atoms with E-state index in [1.54, 1.807) is 13.3 Å². The maximum atomic E-state index is 5.25. The molecule has 2 rings (SSSR count). The Morgan fingerprint density at radius 3 is 2.87 bits per heavy atom. The van der Waals surface area contributed by atoms with Gasteiger partial charge in [0.05, 0.1) is 7.11 Å². The third kappa shape index (κ3) is 1.72. The number of aryl methyl sites for hydroxylation is 1. The zero-order valence-corrected chi connectivity index (χ0v) is 10.3. The molecule has 0 bridgehead atoms. The van der Waals surface area contributed by atoms with Crippen molar-refractivity contribution in [3.05, 3.63) is 34.4 Å². The number of benzene rings is 1.